The molecule has 1 saturated heterocycles. The molecule has 1 fully saturated rings. The number of thiophene rings is 1. The van der Waals surface area contributed by atoms with Crippen LogP contribution in [0.5, 0.6) is 0 Å². The number of pyridine rings is 1. The van der Waals surface area contributed by atoms with Crippen LogP contribution in [-0.2, 0) is 9.59 Å². The van der Waals surface area contributed by atoms with Gasteiger partial charge in [-0.2, -0.15) is 0 Å². The number of hydrogen-bond donors (Lipinski definition) is 2. The van der Waals surface area contributed by atoms with Gasteiger partial charge in [0.05, 0.1) is 23.5 Å². The van der Waals surface area contributed by atoms with Crippen molar-refractivity contribution in [1.82, 2.24) is 9.88 Å². The van der Waals surface area contributed by atoms with Gasteiger partial charge in [-0.1, -0.05) is 25.1 Å². The number of carbonyl (C=O) groups is 3. The van der Waals surface area contributed by atoms with Crippen molar-refractivity contribution in [2.24, 2.45) is 11.7 Å². The summed E-state index contributed by atoms with van der Waals surface area (Å²) < 4.78 is 1.16. The van der Waals surface area contributed by atoms with Crippen molar-refractivity contribution < 1.29 is 14.4 Å². The number of benzene rings is 1. The third-order valence-electron chi connectivity index (χ3n) is 5.42. The summed E-state index contributed by atoms with van der Waals surface area (Å²) in [6.07, 6.45) is 4.48. The monoisotopic (exact) mass is 422 g/mol. The topological polar surface area (TPSA) is 105 Å². The Balaban J connectivity index is 1.59. The molecule has 30 heavy (non-hydrogen) atoms. The smallest absolute Gasteiger partial charge is 0.313 e. The average Bonchev–Trinajstić information content (AvgIpc) is 3.17. The molecule has 2 atom stereocenters. The van der Waals surface area contributed by atoms with E-state index in [-0.39, 0.29) is 17.3 Å². The fourth-order valence-corrected chi connectivity index (χ4v) is 4.92. The first kappa shape index (κ1) is 20.0. The summed E-state index contributed by atoms with van der Waals surface area (Å²) in [7, 11) is 0. The van der Waals surface area contributed by atoms with E-state index in [0.29, 0.717) is 12.5 Å². The summed E-state index contributed by atoms with van der Waals surface area (Å²) in [6, 6.07) is 9.36. The molecular formula is C22H22N4O3S. The van der Waals surface area contributed by atoms with E-state index in [0.717, 1.165) is 28.5 Å². The van der Waals surface area contributed by atoms with Crippen molar-refractivity contribution in [3.05, 3.63) is 59.2 Å². The van der Waals surface area contributed by atoms with Gasteiger partial charge < -0.3 is 16.0 Å². The number of nitrogens with two attached hydrogens (primary N) is 1. The summed E-state index contributed by atoms with van der Waals surface area (Å²) in [5.74, 6) is -1.69. The normalized spacial score (nSPS) is 18.9. The summed E-state index contributed by atoms with van der Waals surface area (Å²) >= 11 is 1.65. The van der Waals surface area contributed by atoms with Gasteiger partial charge in [0.2, 0.25) is 5.91 Å². The number of fused-ring (bicyclic) bond motifs is 1. The van der Waals surface area contributed by atoms with Gasteiger partial charge in [-0.15, -0.1) is 11.3 Å². The number of amides is 3. The van der Waals surface area contributed by atoms with Gasteiger partial charge >= 0.3 is 11.8 Å². The predicted molar refractivity (Wildman–Crippen MR) is 116 cm³/mol. The first-order valence-electron chi connectivity index (χ1n) is 9.77. The van der Waals surface area contributed by atoms with E-state index in [9.17, 15) is 14.4 Å². The second-order valence-electron chi connectivity index (χ2n) is 7.62. The maximum absolute atomic E-state index is 13.1. The highest BCUT2D eigenvalue weighted by Gasteiger charge is 2.35. The Labute approximate surface area is 177 Å². The van der Waals surface area contributed by atoms with Gasteiger partial charge in [0.1, 0.15) is 0 Å². The van der Waals surface area contributed by atoms with E-state index in [1.54, 1.807) is 16.2 Å². The largest absolute Gasteiger partial charge is 0.366 e. The Bertz CT molecular complexity index is 1130. The molecule has 8 heteroatoms. The van der Waals surface area contributed by atoms with Crippen LogP contribution >= 0.6 is 11.3 Å². The first-order valence-corrected chi connectivity index (χ1v) is 10.6. The van der Waals surface area contributed by atoms with E-state index in [1.165, 1.54) is 18.5 Å². The van der Waals surface area contributed by atoms with Gasteiger partial charge in [-0.25, -0.2) is 0 Å². The first-order chi connectivity index (χ1) is 14.4. The van der Waals surface area contributed by atoms with E-state index in [2.05, 4.69) is 34.7 Å². The maximum Gasteiger partial charge on any atom is 0.313 e. The zero-order chi connectivity index (χ0) is 21.3. The molecule has 1 aromatic carbocycles. The van der Waals surface area contributed by atoms with Gasteiger partial charge in [0, 0.05) is 17.4 Å². The number of aromatic nitrogens is 1. The van der Waals surface area contributed by atoms with Crippen LogP contribution in [-0.4, -0.2) is 34.2 Å². The molecule has 154 valence electrons. The Hall–Kier alpha value is -3.26. The van der Waals surface area contributed by atoms with E-state index in [1.807, 2.05) is 12.1 Å². The molecule has 7 nitrogen and oxygen atoms in total. The summed E-state index contributed by atoms with van der Waals surface area (Å²) in [6.45, 7) is 2.60. The molecule has 3 amide bonds. The summed E-state index contributed by atoms with van der Waals surface area (Å²) in [5.41, 5.74) is 6.76. The SMILES string of the molecule is C[C@@H]1CC[C@@H](c2csc3ccccc23)N(C(=O)C(=O)Nc2cncc(C(N)=O)c2)C1. The third-order valence-corrected chi connectivity index (χ3v) is 6.40. The van der Waals surface area contributed by atoms with Crippen LogP contribution in [0.2, 0.25) is 0 Å². The number of likely N-dealkylation sites (tertiary alicyclic amines) is 1. The minimum Gasteiger partial charge on any atom is -0.366 e. The molecule has 2 aromatic heterocycles. The van der Waals surface area contributed by atoms with Crippen molar-refractivity contribution >= 4 is 44.8 Å². The Morgan fingerprint density at radius 1 is 1.20 bits per heavy atom. The molecule has 0 aliphatic carbocycles. The number of carbonyl (C=O) groups excluding carboxylic acids is 3. The lowest BCUT2D eigenvalue weighted by molar-refractivity contribution is -0.146. The van der Waals surface area contributed by atoms with Crippen LogP contribution in [0.4, 0.5) is 5.69 Å². The van der Waals surface area contributed by atoms with Crippen LogP contribution in [0.3, 0.4) is 0 Å². The fraction of sp³-hybridized carbons (Fsp3) is 0.273. The van der Waals surface area contributed by atoms with Crippen molar-refractivity contribution in [3.63, 3.8) is 0 Å². The lowest BCUT2D eigenvalue weighted by Crippen LogP contribution is -2.46. The molecule has 0 unspecified atom stereocenters. The summed E-state index contributed by atoms with van der Waals surface area (Å²) in [4.78, 5) is 42.7. The second-order valence-corrected chi connectivity index (χ2v) is 8.53. The van der Waals surface area contributed by atoms with Crippen molar-refractivity contribution in [3.8, 4) is 0 Å². The minimum atomic E-state index is -0.753. The average molecular weight is 423 g/mol. The van der Waals surface area contributed by atoms with Crippen molar-refractivity contribution in [1.29, 1.82) is 0 Å². The van der Waals surface area contributed by atoms with Crippen molar-refractivity contribution in [2.75, 3.05) is 11.9 Å². The number of primary amides is 1. The predicted octanol–water partition coefficient (Wildman–Crippen LogP) is 3.33. The van der Waals surface area contributed by atoms with E-state index < -0.39 is 17.7 Å². The van der Waals surface area contributed by atoms with Gasteiger partial charge in [-0.05, 0) is 47.2 Å². The van der Waals surface area contributed by atoms with E-state index in [4.69, 9.17) is 5.73 Å². The number of nitrogens with zero attached hydrogens (tertiary/aromatic N) is 2. The van der Waals surface area contributed by atoms with Gasteiger partial charge in [-0.3, -0.25) is 19.4 Å². The quantitative estimate of drug-likeness (QED) is 0.632. The standard InChI is InChI=1S/C22H22N4O3S/c1-13-6-7-18(17-12-30-19-5-3-2-4-16(17)19)26(11-13)22(29)21(28)25-15-8-14(20(23)27)9-24-10-15/h2-5,8-10,12-13,18H,6-7,11H2,1H3,(H2,23,27)(H,25,28)/t13-,18+/m1/s1. The number of hydrogen-bond acceptors (Lipinski definition) is 5. The lowest BCUT2D eigenvalue weighted by atomic mass is 9.89. The number of piperidine rings is 1. The highest BCUT2D eigenvalue weighted by Crippen LogP contribution is 2.39. The molecule has 0 bridgehead atoms. The van der Waals surface area contributed by atoms with Crippen LogP contribution < -0.4 is 11.1 Å². The molecule has 1 aliphatic rings. The molecule has 0 spiro atoms. The minimum absolute atomic E-state index is 0.148. The molecular weight excluding hydrogens is 400 g/mol. The molecule has 4 rings (SSSR count). The third kappa shape index (κ3) is 3.91. The Kier molecular flexibility index (Phi) is 5.50. The molecule has 0 radical (unpaired) electrons. The van der Waals surface area contributed by atoms with Crippen LogP contribution in [0.1, 0.15) is 41.7 Å². The fourth-order valence-electron chi connectivity index (χ4n) is 3.91. The van der Waals surface area contributed by atoms with Crippen LogP contribution in [0.15, 0.2) is 48.1 Å². The molecule has 3 N–H and O–H groups in total. The highest BCUT2D eigenvalue weighted by molar-refractivity contribution is 7.17. The van der Waals surface area contributed by atoms with Crippen molar-refractivity contribution in [2.45, 2.75) is 25.8 Å². The highest BCUT2D eigenvalue weighted by atomic mass is 32.1. The molecule has 3 aromatic rings. The molecule has 0 saturated carbocycles. The zero-order valence-corrected chi connectivity index (χ0v) is 17.3. The zero-order valence-electron chi connectivity index (χ0n) is 16.5. The molecule has 1 aliphatic heterocycles. The Morgan fingerprint density at radius 3 is 2.80 bits per heavy atom. The van der Waals surface area contributed by atoms with Gasteiger partial charge in [0.25, 0.3) is 0 Å². The second kappa shape index (κ2) is 8.23. The number of anilines is 1. The maximum atomic E-state index is 13.1. The Morgan fingerprint density at radius 2 is 2.00 bits per heavy atom. The van der Waals surface area contributed by atoms with E-state index >= 15 is 0 Å². The van der Waals surface area contributed by atoms with Crippen LogP contribution in [0, 0.1) is 5.92 Å². The van der Waals surface area contributed by atoms with Gasteiger partial charge in [0.15, 0.2) is 0 Å². The van der Waals surface area contributed by atoms with Crippen LogP contribution in [0.25, 0.3) is 10.1 Å². The number of rotatable bonds is 3. The summed E-state index contributed by atoms with van der Waals surface area (Å²) in [5, 5.41) is 5.77. The number of nitrogens with one attached hydrogen (secondary N) is 1. The molecule has 3 heterocycles. The lowest BCUT2D eigenvalue weighted by Gasteiger charge is -2.38.